The zero-order valence-electron chi connectivity index (χ0n) is 14.9. The van der Waals surface area contributed by atoms with Gasteiger partial charge < -0.3 is 4.42 Å². The smallest absolute Gasteiger partial charge is 0.248 e. The standard InChI is InChI=1S/C19H14BrCl2N5O/c1-3-23-18-12-8-11(21)7-10(2)16(12)25-19(28-18)14-9-15(20)26-27(14)17-13(22)5-4-6-24-17/h4-9H,3H2,1-2H3. The highest BCUT2D eigenvalue weighted by Gasteiger charge is 2.19. The normalized spacial score (nSPS) is 12.1. The van der Waals surface area contributed by atoms with Crippen LogP contribution in [0.15, 0.2) is 50.5 Å². The summed E-state index contributed by atoms with van der Waals surface area (Å²) in [7, 11) is 0. The van der Waals surface area contributed by atoms with Crippen molar-refractivity contribution >= 4 is 50.0 Å². The Morgan fingerprint density at radius 3 is 2.82 bits per heavy atom. The van der Waals surface area contributed by atoms with E-state index in [0.717, 1.165) is 16.5 Å². The van der Waals surface area contributed by atoms with E-state index in [0.29, 0.717) is 44.1 Å². The van der Waals surface area contributed by atoms with E-state index < -0.39 is 0 Å². The lowest BCUT2D eigenvalue weighted by atomic mass is 10.1. The van der Waals surface area contributed by atoms with Crippen molar-refractivity contribution in [3.63, 3.8) is 0 Å². The minimum Gasteiger partial charge on any atom is -0.418 e. The van der Waals surface area contributed by atoms with E-state index in [2.05, 4.69) is 31.0 Å². The van der Waals surface area contributed by atoms with Crippen LogP contribution in [0.5, 0.6) is 0 Å². The van der Waals surface area contributed by atoms with Gasteiger partial charge in [-0.05, 0) is 59.6 Å². The van der Waals surface area contributed by atoms with Gasteiger partial charge in [0.05, 0.1) is 15.9 Å². The largest absolute Gasteiger partial charge is 0.418 e. The van der Waals surface area contributed by atoms with Gasteiger partial charge in [-0.1, -0.05) is 23.2 Å². The van der Waals surface area contributed by atoms with Crippen molar-refractivity contribution in [3.05, 3.63) is 62.3 Å². The second-order valence-electron chi connectivity index (χ2n) is 5.99. The zero-order valence-corrected chi connectivity index (χ0v) is 18.0. The topological polar surface area (TPSA) is 69.1 Å². The van der Waals surface area contributed by atoms with Gasteiger partial charge in [-0.15, -0.1) is 0 Å². The molecule has 3 heterocycles. The van der Waals surface area contributed by atoms with Gasteiger partial charge in [-0.3, -0.25) is 4.99 Å². The molecule has 0 aliphatic carbocycles. The molecule has 9 heteroatoms. The number of fused-ring (bicyclic) bond motifs is 1. The van der Waals surface area contributed by atoms with Crippen molar-refractivity contribution in [1.82, 2.24) is 19.7 Å². The summed E-state index contributed by atoms with van der Waals surface area (Å²) in [5.74, 6) is 0.828. The fourth-order valence-corrected chi connectivity index (χ4v) is 3.74. The van der Waals surface area contributed by atoms with Crippen LogP contribution in [0.3, 0.4) is 0 Å². The minimum atomic E-state index is 0.352. The first-order chi connectivity index (χ1) is 13.5. The molecule has 0 saturated heterocycles. The molecule has 4 rings (SSSR count). The van der Waals surface area contributed by atoms with Crippen LogP contribution in [-0.4, -0.2) is 26.3 Å². The van der Waals surface area contributed by atoms with Gasteiger partial charge >= 0.3 is 0 Å². The number of hydrogen-bond acceptors (Lipinski definition) is 5. The third-order valence-corrected chi connectivity index (χ3v) is 4.94. The summed E-state index contributed by atoms with van der Waals surface area (Å²) in [5, 5.41) is 6.27. The monoisotopic (exact) mass is 477 g/mol. The molecular formula is C19H14BrCl2N5O. The van der Waals surface area contributed by atoms with E-state index in [-0.39, 0.29) is 0 Å². The van der Waals surface area contributed by atoms with Gasteiger partial charge in [-0.2, -0.15) is 5.10 Å². The van der Waals surface area contributed by atoms with Crippen LogP contribution in [0, 0.1) is 6.92 Å². The van der Waals surface area contributed by atoms with E-state index in [1.54, 1.807) is 29.1 Å². The molecule has 0 unspecified atom stereocenters. The number of hydrogen-bond donors (Lipinski definition) is 0. The first kappa shape index (κ1) is 19.1. The second-order valence-corrected chi connectivity index (χ2v) is 7.65. The zero-order chi connectivity index (χ0) is 19.8. The van der Waals surface area contributed by atoms with Crippen LogP contribution >= 0.6 is 39.1 Å². The predicted octanol–water partition coefficient (Wildman–Crippen LogP) is 5.37. The highest BCUT2D eigenvalue weighted by atomic mass is 79.9. The molecule has 0 N–H and O–H groups in total. The predicted molar refractivity (Wildman–Crippen MR) is 113 cm³/mol. The van der Waals surface area contributed by atoms with Crippen molar-refractivity contribution in [2.45, 2.75) is 13.8 Å². The van der Waals surface area contributed by atoms with Gasteiger partial charge in [0.15, 0.2) is 5.82 Å². The Morgan fingerprint density at radius 2 is 2.07 bits per heavy atom. The summed E-state index contributed by atoms with van der Waals surface area (Å²) in [6.07, 6.45) is 1.65. The van der Waals surface area contributed by atoms with E-state index in [9.17, 15) is 0 Å². The number of aryl methyl sites for hydroxylation is 1. The number of aromatic nitrogens is 4. The summed E-state index contributed by atoms with van der Waals surface area (Å²) in [6, 6.07) is 8.97. The maximum absolute atomic E-state index is 6.32. The Labute approximate surface area is 179 Å². The molecule has 4 aromatic rings. The molecule has 28 heavy (non-hydrogen) atoms. The van der Waals surface area contributed by atoms with Crippen molar-refractivity contribution in [3.8, 4) is 17.4 Å². The third kappa shape index (κ3) is 3.45. The summed E-state index contributed by atoms with van der Waals surface area (Å²) < 4.78 is 8.24. The van der Waals surface area contributed by atoms with Crippen molar-refractivity contribution in [2.24, 2.45) is 4.99 Å². The number of nitrogens with zero attached hydrogens (tertiary/aromatic N) is 5. The van der Waals surface area contributed by atoms with Gasteiger partial charge in [0.25, 0.3) is 0 Å². The number of halogens is 3. The fourth-order valence-electron chi connectivity index (χ4n) is 2.89. The summed E-state index contributed by atoms with van der Waals surface area (Å²) >= 11 is 16.0. The van der Waals surface area contributed by atoms with Crippen LogP contribution < -0.4 is 5.55 Å². The fraction of sp³-hybridized carbons (Fsp3) is 0.158. The molecule has 0 saturated carbocycles. The van der Waals surface area contributed by atoms with E-state index in [4.69, 9.17) is 32.6 Å². The maximum Gasteiger partial charge on any atom is 0.248 e. The molecule has 1 aromatic carbocycles. The number of pyridine rings is 1. The molecule has 0 fully saturated rings. The Kier molecular flexibility index (Phi) is 5.23. The van der Waals surface area contributed by atoms with Gasteiger partial charge in [0, 0.05) is 23.8 Å². The average Bonchev–Trinajstić information content (AvgIpc) is 3.04. The Balaban J connectivity index is 2.04. The number of benzene rings is 1. The van der Waals surface area contributed by atoms with Crippen molar-refractivity contribution in [2.75, 3.05) is 6.54 Å². The molecule has 3 aromatic heterocycles. The average molecular weight is 479 g/mol. The minimum absolute atomic E-state index is 0.352. The van der Waals surface area contributed by atoms with E-state index >= 15 is 0 Å². The summed E-state index contributed by atoms with van der Waals surface area (Å²) in [6.45, 7) is 4.44. The molecule has 0 radical (unpaired) electrons. The molecule has 0 aliphatic rings. The van der Waals surface area contributed by atoms with Crippen LogP contribution in [-0.2, 0) is 0 Å². The van der Waals surface area contributed by atoms with Crippen molar-refractivity contribution < 1.29 is 4.42 Å². The summed E-state index contributed by atoms with van der Waals surface area (Å²) in [5.41, 5.74) is 2.74. The quantitative estimate of drug-likeness (QED) is 0.396. The van der Waals surface area contributed by atoms with E-state index in [1.807, 2.05) is 26.0 Å². The number of rotatable bonds is 3. The third-order valence-electron chi connectivity index (χ3n) is 4.04. The highest BCUT2D eigenvalue weighted by Crippen LogP contribution is 2.28. The molecule has 0 spiro atoms. The lowest BCUT2D eigenvalue weighted by Crippen LogP contribution is -2.10. The maximum atomic E-state index is 6.32. The second kappa shape index (κ2) is 7.66. The Morgan fingerprint density at radius 1 is 1.25 bits per heavy atom. The Bertz CT molecular complexity index is 1270. The van der Waals surface area contributed by atoms with Crippen molar-refractivity contribution in [1.29, 1.82) is 0 Å². The highest BCUT2D eigenvalue weighted by molar-refractivity contribution is 9.10. The molecule has 142 valence electrons. The molecule has 6 nitrogen and oxygen atoms in total. The van der Waals surface area contributed by atoms with Gasteiger partial charge in [0.2, 0.25) is 11.4 Å². The molecule has 0 amide bonds. The summed E-state index contributed by atoms with van der Waals surface area (Å²) in [4.78, 5) is 13.5. The first-order valence-corrected chi connectivity index (χ1v) is 10.0. The lowest BCUT2D eigenvalue weighted by molar-refractivity contribution is 0.494. The lowest BCUT2D eigenvalue weighted by Gasteiger charge is -2.09. The van der Waals surface area contributed by atoms with Crippen LogP contribution in [0.1, 0.15) is 12.5 Å². The molecule has 0 atom stereocenters. The van der Waals surface area contributed by atoms with Crippen LogP contribution in [0.2, 0.25) is 10.0 Å². The van der Waals surface area contributed by atoms with Gasteiger partial charge in [-0.25, -0.2) is 14.6 Å². The molecule has 0 bridgehead atoms. The van der Waals surface area contributed by atoms with Crippen LogP contribution in [0.4, 0.5) is 0 Å². The molecule has 0 aliphatic heterocycles. The van der Waals surface area contributed by atoms with Gasteiger partial charge in [0.1, 0.15) is 10.3 Å². The Hall–Kier alpha value is -2.22. The SMILES string of the molecule is CCN=c1oc(-c2cc(Br)nn2-c2ncccc2Cl)nc2c(C)cc(Cl)cc12. The van der Waals surface area contributed by atoms with E-state index in [1.165, 1.54) is 0 Å². The van der Waals surface area contributed by atoms with Crippen LogP contribution in [0.25, 0.3) is 28.3 Å². The first-order valence-electron chi connectivity index (χ1n) is 8.46. The molecular weight excluding hydrogens is 465 g/mol.